The van der Waals surface area contributed by atoms with Crippen molar-refractivity contribution in [3.05, 3.63) is 22.8 Å². The zero-order valence-electron chi connectivity index (χ0n) is 12.9. The Labute approximate surface area is 127 Å². The molecule has 0 bridgehead atoms. The molecule has 20 heavy (non-hydrogen) atoms. The van der Waals surface area contributed by atoms with Crippen LogP contribution in [0.3, 0.4) is 0 Å². The highest BCUT2D eigenvalue weighted by molar-refractivity contribution is 6.30. The fourth-order valence-electron chi connectivity index (χ4n) is 3.73. The molecular weight excluding hydrogens is 270 g/mol. The van der Waals surface area contributed by atoms with Gasteiger partial charge in [0.1, 0.15) is 5.82 Å². The van der Waals surface area contributed by atoms with E-state index >= 15 is 0 Å². The van der Waals surface area contributed by atoms with Crippen LogP contribution in [0.15, 0.2) is 12.3 Å². The van der Waals surface area contributed by atoms with E-state index in [1.807, 2.05) is 6.07 Å². The lowest BCUT2D eigenvalue weighted by molar-refractivity contribution is 0.151. The normalized spacial score (nSPS) is 27.6. The van der Waals surface area contributed by atoms with Gasteiger partial charge in [0.05, 0.1) is 5.02 Å². The number of pyridine rings is 1. The SMILES string of the molecule is CNC1CC(C)CCC1C(C)(C)c1cc(Cl)cnc1N. The summed E-state index contributed by atoms with van der Waals surface area (Å²) in [5, 5.41) is 4.16. The van der Waals surface area contributed by atoms with E-state index in [-0.39, 0.29) is 5.41 Å². The van der Waals surface area contributed by atoms with Crippen LogP contribution in [0.1, 0.15) is 45.6 Å². The Morgan fingerprint density at radius 2 is 2.10 bits per heavy atom. The Bertz CT molecular complexity index is 473. The molecule has 0 saturated heterocycles. The zero-order valence-corrected chi connectivity index (χ0v) is 13.7. The minimum atomic E-state index is -0.0319. The molecule has 0 amide bonds. The van der Waals surface area contributed by atoms with E-state index in [0.29, 0.717) is 22.8 Å². The van der Waals surface area contributed by atoms with Crippen LogP contribution in [0.2, 0.25) is 5.02 Å². The first-order valence-electron chi connectivity index (χ1n) is 7.45. The number of anilines is 1. The van der Waals surface area contributed by atoms with Crippen LogP contribution in [-0.2, 0) is 5.41 Å². The average Bonchev–Trinajstić information content (AvgIpc) is 2.40. The third-order valence-corrected chi connectivity index (χ3v) is 5.20. The Hall–Kier alpha value is -0.800. The minimum Gasteiger partial charge on any atom is -0.383 e. The second-order valence-corrected chi connectivity index (χ2v) is 7.16. The number of rotatable bonds is 3. The molecule has 4 heteroatoms. The fourth-order valence-corrected chi connectivity index (χ4v) is 3.89. The third kappa shape index (κ3) is 2.94. The Kier molecular flexibility index (Phi) is 4.60. The molecule has 1 aliphatic rings. The molecule has 112 valence electrons. The molecule has 0 aromatic carbocycles. The van der Waals surface area contributed by atoms with Crippen molar-refractivity contribution < 1.29 is 0 Å². The molecule has 0 radical (unpaired) electrons. The second kappa shape index (κ2) is 5.90. The molecular formula is C16H26ClN3. The van der Waals surface area contributed by atoms with Gasteiger partial charge in [-0.2, -0.15) is 0 Å². The number of nitrogens with zero attached hydrogens (tertiary/aromatic N) is 1. The molecule has 1 aromatic rings. The first-order chi connectivity index (χ1) is 9.36. The first kappa shape index (κ1) is 15.6. The van der Waals surface area contributed by atoms with Gasteiger partial charge in [-0.15, -0.1) is 0 Å². The summed E-state index contributed by atoms with van der Waals surface area (Å²) in [5.74, 6) is 1.94. The van der Waals surface area contributed by atoms with Crippen LogP contribution in [0.5, 0.6) is 0 Å². The maximum atomic E-state index is 6.12. The highest BCUT2D eigenvalue weighted by Crippen LogP contribution is 2.44. The number of nitrogens with one attached hydrogen (secondary N) is 1. The molecule has 3 nitrogen and oxygen atoms in total. The number of halogens is 1. The lowest BCUT2D eigenvalue weighted by atomic mass is 9.63. The van der Waals surface area contributed by atoms with E-state index in [1.165, 1.54) is 19.3 Å². The van der Waals surface area contributed by atoms with Crippen LogP contribution in [-0.4, -0.2) is 18.1 Å². The van der Waals surface area contributed by atoms with E-state index < -0.39 is 0 Å². The highest BCUT2D eigenvalue weighted by atomic mass is 35.5. The van der Waals surface area contributed by atoms with Gasteiger partial charge >= 0.3 is 0 Å². The van der Waals surface area contributed by atoms with E-state index in [4.69, 9.17) is 17.3 Å². The van der Waals surface area contributed by atoms with Crippen molar-refractivity contribution in [1.82, 2.24) is 10.3 Å². The minimum absolute atomic E-state index is 0.0319. The van der Waals surface area contributed by atoms with Crippen LogP contribution in [0.4, 0.5) is 5.82 Å². The zero-order chi connectivity index (χ0) is 14.9. The van der Waals surface area contributed by atoms with Gasteiger partial charge in [0.2, 0.25) is 0 Å². The molecule has 1 aromatic heterocycles. The van der Waals surface area contributed by atoms with E-state index in [1.54, 1.807) is 6.20 Å². The first-order valence-corrected chi connectivity index (χ1v) is 7.82. The fraction of sp³-hybridized carbons (Fsp3) is 0.688. The molecule has 3 N–H and O–H groups in total. The van der Waals surface area contributed by atoms with Crippen LogP contribution >= 0.6 is 11.6 Å². The van der Waals surface area contributed by atoms with Gasteiger partial charge in [-0.25, -0.2) is 4.98 Å². The number of hydrogen-bond acceptors (Lipinski definition) is 3. The van der Waals surface area contributed by atoms with Crippen LogP contribution in [0, 0.1) is 11.8 Å². The predicted octanol–water partition coefficient (Wildman–Crippen LogP) is 3.62. The number of nitrogen functional groups attached to an aromatic ring is 1. The molecule has 0 spiro atoms. The monoisotopic (exact) mass is 295 g/mol. The average molecular weight is 296 g/mol. The largest absolute Gasteiger partial charge is 0.383 e. The summed E-state index contributed by atoms with van der Waals surface area (Å²) in [6.45, 7) is 6.87. The Morgan fingerprint density at radius 1 is 1.40 bits per heavy atom. The van der Waals surface area contributed by atoms with Gasteiger partial charge in [-0.1, -0.05) is 38.8 Å². The smallest absolute Gasteiger partial charge is 0.127 e. The Balaban J connectivity index is 2.35. The summed E-state index contributed by atoms with van der Waals surface area (Å²) in [6.07, 6.45) is 5.33. The van der Waals surface area contributed by atoms with Crippen molar-refractivity contribution in [3.63, 3.8) is 0 Å². The predicted molar refractivity (Wildman–Crippen MR) is 86.0 cm³/mol. The number of nitrogens with two attached hydrogens (primary N) is 1. The number of aromatic nitrogens is 1. The summed E-state index contributed by atoms with van der Waals surface area (Å²) in [4.78, 5) is 4.23. The van der Waals surface area contributed by atoms with E-state index in [0.717, 1.165) is 11.5 Å². The summed E-state index contributed by atoms with van der Waals surface area (Å²) >= 11 is 6.12. The van der Waals surface area contributed by atoms with Crippen molar-refractivity contribution in [1.29, 1.82) is 0 Å². The summed E-state index contributed by atoms with van der Waals surface area (Å²) in [7, 11) is 2.06. The summed E-state index contributed by atoms with van der Waals surface area (Å²) in [5.41, 5.74) is 7.15. The van der Waals surface area contributed by atoms with Gasteiger partial charge in [0.15, 0.2) is 0 Å². The topological polar surface area (TPSA) is 50.9 Å². The van der Waals surface area contributed by atoms with Crippen LogP contribution < -0.4 is 11.1 Å². The summed E-state index contributed by atoms with van der Waals surface area (Å²) < 4.78 is 0. The van der Waals surface area contributed by atoms with E-state index in [9.17, 15) is 0 Å². The lowest BCUT2D eigenvalue weighted by Gasteiger charge is -2.44. The van der Waals surface area contributed by atoms with Crippen molar-refractivity contribution >= 4 is 17.4 Å². The van der Waals surface area contributed by atoms with E-state index in [2.05, 4.69) is 38.1 Å². The van der Waals surface area contributed by atoms with Gasteiger partial charge < -0.3 is 11.1 Å². The third-order valence-electron chi connectivity index (χ3n) is 4.99. The Morgan fingerprint density at radius 3 is 2.75 bits per heavy atom. The highest BCUT2D eigenvalue weighted by Gasteiger charge is 2.40. The molecule has 3 atom stereocenters. The molecule has 2 rings (SSSR count). The van der Waals surface area contributed by atoms with Gasteiger partial charge in [0.25, 0.3) is 0 Å². The van der Waals surface area contributed by atoms with Crippen LogP contribution in [0.25, 0.3) is 0 Å². The maximum Gasteiger partial charge on any atom is 0.127 e. The van der Waals surface area contributed by atoms with Gasteiger partial charge in [-0.05, 0) is 43.2 Å². The molecule has 1 heterocycles. The quantitative estimate of drug-likeness (QED) is 0.895. The standard InChI is InChI=1S/C16H26ClN3/c1-10-5-6-12(14(7-10)19-4)16(2,3)13-8-11(17)9-20-15(13)18/h8-10,12,14,19H,5-7H2,1-4H3,(H2,18,20). The van der Waals surface area contributed by atoms with Crippen molar-refractivity contribution in [2.45, 2.75) is 51.5 Å². The van der Waals surface area contributed by atoms with Crippen molar-refractivity contribution in [3.8, 4) is 0 Å². The lowest BCUT2D eigenvalue weighted by Crippen LogP contribution is -2.47. The second-order valence-electron chi connectivity index (χ2n) is 6.73. The van der Waals surface area contributed by atoms with Gasteiger partial charge in [-0.3, -0.25) is 0 Å². The molecule has 1 aliphatic carbocycles. The molecule has 3 unspecified atom stereocenters. The molecule has 1 saturated carbocycles. The maximum absolute atomic E-state index is 6.12. The van der Waals surface area contributed by atoms with Crippen molar-refractivity contribution in [2.24, 2.45) is 11.8 Å². The molecule has 1 fully saturated rings. The summed E-state index contributed by atoms with van der Waals surface area (Å²) in [6, 6.07) is 2.50. The molecule has 0 aliphatic heterocycles. The number of hydrogen-bond donors (Lipinski definition) is 2. The van der Waals surface area contributed by atoms with Crippen molar-refractivity contribution in [2.75, 3.05) is 12.8 Å². The van der Waals surface area contributed by atoms with Gasteiger partial charge in [0, 0.05) is 17.8 Å².